The molecule has 0 aromatic carbocycles. The van der Waals surface area contributed by atoms with Gasteiger partial charge < -0.3 is 4.74 Å². The topological polar surface area (TPSA) is 57.0 Å². The summed E-state index contributed by atoms with van der Waals surface area (Å²) in [5.41, 5.74) is 0. The van der Waals surface area contributed by atoms with Gasteiger partial charge in [-0.25, -0.2) is 4.98 Å². The molecule has 13 heavy (non-hydrogen) atoms. The average molecular weight is 183 g/mol. The molecular formula is C8H13N3O2. The molecule has 0 aliphatic rings. The van der Waals surface area contributed by atoms with E-state index in [1.54, 1.807) is 18.8 Å². The van der Waals surface area contributed by atoms with Gasteiger partial charge in [0.15, 0.2) is 0 Å². The molecule has 0 amide bonds. The maximum absolute atomic E-state index is 11.3. The Morgan fingerprint density at radius 1 is 1.69 bits per heavy atom. The SMILES string of the molecule is COCCC(=O)Cc1ncnn1C. The zero-order valence-electron chi connectivity index (χ0n) is 7.86. The molecule has 0 spiro atoms. The van der Waals surface area contributed by atoms with Crippen LogP contribution in [0.3, 0.4) is 0 Å². The van der Waals surface area contributed by atoms with Crippen LogP contribution >= 0.6 is 0 Å². The second-order valence-electron chi connectivity index (χ2n) is 2.76. The van der Waals surface area contributed by atoms with Gasteiger partial charge in [-0.3, -0.25) is 9.48 Å². The first kappa shape index (κ1) is 9.85. The van der Waals surface area contributed by atoms with E-state index in [4.69, 9.17) is 4.74 Å². The van der Waals surface area contributed by atoms with Gasteiger partial charge in [0.05, 0.1) is 13.0 Å². The highest BCUT2D eigenvalue weighted by atomic mass is 16.5. The smallest absolute Gasteiger partial charge is 0.142 e. The third kappa shape index (κ3) is 2.95. The molecule has 0 radical (unpaired) electrons. The van der Waals surface area contributed by atoms with Crippen LogP contribution < -0.4 is 0 Å². The maximum atomic E-state index is 11.3. The van der Waals surface area contributed by atoms with Crippen molar-refractivity contribution < 1.29 is 9.53 Å². The number of aryl methyl sites for hydroxylation is 1. The molecule has 5 nitrogen and oxygen atoms in total. The van der Waals surface area contributed by atoms with Gasteiger partial charge in [0.2, 0.25) is 0 Å². The summed E-state index contributed by atoms with van der Waals surface area (Å²) < 4.78 is 6.40. The highest BCUT2D eigenvalue weighted by Gasteiger charge is 2.07. The van der Waals surface area contributed by atoms with Crippen LogP contribution in [0.4, 0.5) is 0 Å². The molecule has 1 rings (SSSR count). The monoisotopic (exact) mass is 183 g/mol. The predicted octanol–water partition coefficient (Wildman–Crippen LogP) is -0.0368. The molecule has 0 fully saturated rings. The first-order valence-electron chi connectivity index (χ1n) is 4.07. The van der Waals surface area contributed by atoms with Crippen LogP contribution in [0.5, 0.6) is 0 Å². The van der Waals surface area contributed by atoms with Crippen LogP contribution in [0.2, 0.25) is 0 Å². The van der Waals surface area contributed by atoms with Gasteiger partial charge in [0.25, 0.3) is 0 Å². The summed E-state index contributed by atoms with van der Waals surface area (Å²) in [5.74, 6) is 0.819. The van der Waals surface area contributed by atoms with Crippen molar-refractivity contribution >= 4 is 5.78 Å². The van der Waals surface area contributed by atoms with Gasteiger partial charge in [0, 0.05) is 20.6 Å². The number of carbonyl (C=O) groups excluding carboxylic acids is 1. The number of methoxy groups -OCH3 is 1. The van der Waals surface area contributed by atoms with Crippen molar-refractivity contribution in [2.45, 2.75) is 12.8 Å². The maximum Gasteiger partial charge on any atom is 0.142 e. The summed E-state index contributed by atoms with van der Waals surface area (Å²) in [6, 6.07) is 0. The van der Waals surface area contributed by atoms with E-state index in [-0.39, 0.29) is 5.78 Å². The summed E-state index contributed by atoms with van der Waals surface area (Å²) in [5, 5.41) is 3.87. The first-order chi connectivity index (χ1) is 6.24. The molecule has 1 heterocycles. The molecule has 0 saturated carbocycles. The Morgan fingerprint density at radius 3 is 3.00 bits per heavy atom. The Labute approximate surface area is 76.7 Å². The number of rotatable bonds is 5. The third-order valence-corrected chi connectivity index (χ3v) is 1.75. The fourth-order valence-electron chi connectivity index (χ4n) is 0.961. The minimum Gasteiger partial charge on any atom is -0.384 e. The number of carbonyl (C=O) groups is 1. The van der Waals surface area contributed by atoms with Crippen LogP contribution in [-0.2, 0) is 23.0 Å². The quantitative estimate of drug-likeness (QED) is 0.643. The van der Waals surface area contributed by atoms with Crippen molar-refractivity contribution in [1.82, 2.24) is 14.8 Å². The van der Waals surface area contributed by atoms with Gasteiger partial charge in [0.1, 0.15) is 17.9 Å². The van der Waals surface area contributed by atoms with Gasteiger partial charge in [-0.1, -0.05) is 0 Å². The van der Waals surface area contributed by atoms with E-state index in [1.807, 2.05) is 0 Å². The van der Waals surface area contributed by atoms with Crippen molar-refractivity contribution in [2.24, 2.45) is 7.05 Å². The van der Waals surface area contributed by atoms with E-state index in [0.29, 0.717) is 25.3 Å². The van der Waals surface area contributed by atoms with E-state index < -0.39 is 0 Å². The lowest BCUT2D eigenvalue weighted by molar-refractivity contribution is -0.119. The number of Topliss-reactive ketones (excluding diaryl/α,β-unsaturated/α-hetero) is 1. The molecule has 0 unspecified atom stereocenters. The number of hydrogen-bond donors (Lipinski definition) is 0. The van der Waals surface area contributed by atoms with Crippen molar-refractivity contribution in [2.75, 3.05) is 13.7 Å². The van der Waals surface area contributed by atoms with Crippen molar-refractivity contribution in [3.63, 3.8) is 0 Å². The van der Waals surface area contributed by atoms with Gasteiger partial charge >= 0.3 is 0 Å². The van der Waals surface area contributed by atoms with Gasteiger partial charge in [-0.2, -0.15) is 5.10 Å². The Kier molecular flexibility index (Phi) is 3.57. The Hall–Kier alpha value is -1.23. The Balaban J connectivity index is 2.41. The highest BCUT2D eigenvalue weighted by molar-refractivity contribution is 5.80. The zero-order valence-corrected chi connectivity index (χ0v) is 7.86. The standard InChI is InChI=1S/C8H13N3O2/c1-11-8(9-6-10-11)5-7(12)3-4-13-2/h6H,3-5H2,1-2H3. The molecule has 0 atom stereocenters. The summed E-state index contributed by atoms with van der Waals surface area (Å²) >= 11 is 0. The van der Waals surface area contributed by atoms with Crippen LogP contribution in [0.15, 0.2) is 6.33 Å². The minimum absolute atomic E-state index is 0.123. The van der Waals surface area contributed by atoms with Crippen molar-refractivity contribution in [1.29, 1.82) is 0 Å². The lowest BCUT2D eigenvalue weighted by Gasteiger charge is -1.99. The lowest BCUT2D eigenvalue weighted by Crippen LogP contribution is -2.10. The molecule has 5 heteroatoms. The van der Waals surface area contributed by atoms with Crippen molar-refractivity contribution in [3.8, 4) is 0 Å². The highest BCUT2D eigenvalue weighted by Crippen LogP contribution is 1.96. The first-order valence-corrected chi connectivity index (χ1v) is 4.07. The molecular weight excluding hydrogens is 170 g/mol. The summed E-state index contributed by atoms with van der Waals surface area (Å²) in [4.78, 5) is 15.2. The molecule has 1 aromatic heterocycles. The number of ether oxygens (including phenoxy) is 1. The van der Waals surface area contributed by atoms with E-state index in [2.05, 4.69) is 10.1 Å². The number of hydrogen-bond acceptors (Lipinski definition) is 4. The van der Waals surface area contributed by atoms with E-state index >= 15 is 0 Å². The molecule has 1 aromatic rings. The number of nitrogens with zero attached hydrogens (tertiary/aromatic N) is 3. The molecule has 0 N–H and O–H groups in total. The van der Waals surface area contributed by atoms with Gasteiger partial charge in [-0.05, 0) is 0 Å². The fourth-order valence-corrected chi connectivity index (χ4v) is 0.961. The second kappa shape index (κ2) is 4.71. The normalized spacial score (nSPS) is 10.3. The summed E-state index contributed by atoms with van der Waals surface area (Å²) in [6.45, 7) is 0.469. The molecule has 0 aliphatic carbocycles. The fraction of sp³-hybridized carbons (Fsp3) is 0.625. The summed E-state index contributed by atoms with van der Waals surface area (Å²) in [6.07, 6.45) is 2.21. The third-order valence-electron chi connectivity index (χ3n) is 1.75. The van der Waals surface area contributed by atoms with Crippen LogP contribution in [0, 0.1) is 0 Å². The van der Waals surface area contributed by atoms with Crippen LogP contribution in [0.25, 0.3) is 0 Å². The van der Waals surface area contributed by atoms with E-state index in [9.17, 15) is 4.79 Å². The largest absolute Gasteiger partial charge is 0.384 e. The van der Waals surface area contributed by atoms with Gasteiger partial charge in [-0.15, -0.1) is 0 Å². The van der Waals surface area contributed by atoms with Crippen LogP contribution in [0.1, 0.15) is 12.2 Å². The van der Waals surface area contributed by atoms with E-state index in [1.165, 1.54) is 6.33 Å². The van der Waals surface area contributed by atoms with Crippen LogP contribution in [-0.4, -0.2) is 34.3 Å². The van der Waals surface area contributed by atoms with E-state index in [0.717, 1.165) is 0 Å². The number of aromatic nitrogens is 3. The molecule has 0 bridgehead atoms. The average Bonchev–Trinajstić information content (AvgIpc) is 2.48. The zero-order chi connectivity index (χ0) is 9.68. The Bertz CT molecular complexity index is 283. The molecule has 0 aliphatic heterocycles. The second-order valence-corrected chi connectivity index (χ2v) is 2.76. The number of ketones is 1. The van der Waals surface area contributed by atoms with Crippen molar-refractivity contribution in [3.05, 3.63) is 12.2 Å². The predicted molar refractivity (Wildman–Crippen MR) is 46.2 cm³/mol. The summed E-state index contributed by atoms with van der Waals surface area (Å²) in [7, 11) is 3.35. The molecule has 0 saturated heterocycles. The Morgan fingerprint density at radius 2 is 2.46 bits per heavy atom. The lowest BCUT2D eigenvalue weighted by atomic mass is 10.2. The molecule has 72 valence electrons. The minimum atomic E-state index is 0.123.